The number of aromatic nitrogens is 2. The number of nitrogens with two attached hydrogens (primary N) is 1. The van der Waals surface area contributed by atoms with Crippen LogP contribution in [0.15, 0.2) is 6.20 Å². The van der Waals surface area contributed by atoms with Crippen molar-refractivity contribution in [3.05, 3.63) is 17.5 Å². The van der Waals surface area contributed by atoms with Crippen LogP contribution in [0.1, 0.15) is 43.0 Å². The summed E-state index contributed by atoms with van der Waals surface area (Å²) in [6, 6.07) is 1.17. The summed E-state index contributed by atoms with van der Waals surface area (Å²) < 4.78 is 1.95. The molecule has 2 fully saturated rings. The fourth-order valence-electron chi connectivity index (χ4n) is 4.00. The largest absolute Gasteiger partial charge is 0.329 e. The normalized spacial score (nSPS) is 23.8. The minimum atomic E-state index is 0.324. The van der Waals surface area contributed by atoms with E-state index >= 15 is 0 Å². The average Bonchev–Trinajstić information content (AvgIpc) is 3.14. The maximum Gasteiger partial charge on any atom is 0.0540 e. The maximum absolute atomic E-state index is 6.08. The highest BCUT2D eigenvalue weighted by Crippen LogP contribution is 2.27. The van der Waals surface area contributed by atoms with E-state index in [0.29, 0.717) is 12.6 Å². The van der Waals surface area contributed by atoms with Crippen LogP contribution in [-0.4, -0.2) is 58.3 Å². The molecule has 0 amide bonds. The number of nitrogens with zero attached hydrogens (tertiary/aromatic N) is 4. The van der Waals surface area contributed by atoms with Gasteiger partial charge in [0.05, 0.1) is 12.2 Å². The SMILES string of the molecule is Cc1c(C(CN)N2CCN(C3CCCC3)CC2)cnn1C. The Kier molecular flexibility index (Phi) is 4.62. The van der Waals surface area contributed by atoms with Gasteiger partial charge >= 0.3 is 0 Å². The third-order valence-corrected chi connectivity index (χ3v) is 5.49. The molecule has 1 unspecified atom stereocenters. The minimum Gasteiger partial charge on any atom is -0.329 e. The van der Waals surface area contributed by atoms with Gasteiger partial charge in [0.15, 0.2) is 0 Å². The van der Waals surface area contributed by atoms with Gasteiger partial charge in [-0.2, -0.15) is 5.10 Å². The maximum atomic E-state index is 6.08. The van der Waals surface area contributed by atoms with Gasteiger partial charge < -0.3 is 5.73 Å². The second-order valence-electron chi connectivity index (χ2n) is 6.57. The van der Waals surface area contributed by atoms with Crippen LogP contribution in [0.25, 0.3) is 0 Å². The lowest BCUT2D eigenvalue weighted by Crippen LogP contribution is -2.51. The van der Waals surface area contributed by atoms with Gasteiger partial charge in [-0.1, -0.05) is 12.8 Å². The molecule has 5 nitrogen and oxygen atoms in total. The minimum absolute atomic E-state index is 0.324. The number of hydrogen-bond acceptors (Lipinski definition) is 4. The van der Waals surface area contributed by atoms with E-state index < -0.39 is 0 Å². The van der Waals surface area contributed by atoms with Gasteiger partial charge in [0.25, 0.3) is 0 Å². The molecule has 0 radical (unpaired) electrons. The summed E-state index contributed by atoms with van der Waals surface area (Å²) in [6.07, 6.45) is 7.65. The predicted octanol–water partition coefficient (Wildman–Crippen LogP) is 1.29. The van der Waals surface area contributed by atoms with Crippen LogP contribution in [-0.2, 0) is 7.05 Å². The summed E-state index contributed by atoms with van der Waals surface area (Å²) in [6.45, 7) is 7.47. The summed E-state index contributed by atoms with van der Waals surface area (Å²) in [7, 11) is 2.00. The lowest BCUT2D eigenvalue weighted by atomic mass is 10.0. The van der Waals surface area contributed by atoms with Gasteiger partial charge in [-0.05, 0) is 19.8 Å². The Labute approximate surface area is 128 Å². The second kappa shape index (κ2) is 6.46. The Morgan fingerprint density at radius 3 is 2.43 bits per heavy atom. The molecule has 118 valence electrons. The molecular weight excluding hydrogens is 262 g/mol. The molecule has 0 aromatic carbocycles. The van der Waals surface area contributed by atoms with Crippen molar-refractivity contribution in [2.24, 2.45) is 12.8 Å². The highest BCUT2D eigenvalue weighted by Gasteiger charge is 2.30. The molecule has 1 atom stereocenters. The first kappa shape index (κ1) is 15.0. The average molecular weight is 291 g/mol. The molecule has 1 aromatic heterocycles. The quantitative estimate of drug-likeness (QED) is 0.908. The summed E-state index contributed by atoms with van der Waals surface area (Å²) in [5.41, 5.74) is 8.62. The van der Waals surface area contributed by atoms with Crippen LogP contribution >= 0.6 is 0 Å². The predicted molar refractivity (Wildman–Crippen MR) is 85.1 cm³/mol. The van der Waals surface area contributed by atoms with Gasteiger partial charge in [-0.25, -0.2) is 0 Å². The van der Waals surface area contributed by atoms with Crippen LogP contribution in [0.4, 0.5) is 0 Å². The van der Waals surface area contributed by atoms with Crippen molar-refractivity contribution in [1.82, 2.24) is 19.6 Å². The van der Waals surface area contributed by atoms with Crippen LogP contribution in [0, 0.1) is 6.92 Å². The van der Waals surface area contributed by atoms with Crippen LogP contribution in [0.5, 0.6) is 0 Å². The third kappa shape index (κ3) is 3.00. The van der Waals surface area contributed by atoms with Crippen molar-refractivity contribution in [3.63, 3.8) is 0 Å². The van der Waals surface area contributed by atoms with E-state index in [9.17, 15) is 0 Å². The zero-order chi connectivity index (χ0) is 14.8. The van der Waals surface area contributed by atoms with Crippen molar-refractivity contribution < 1.29 is 0 Å². The Morgan fingerprint density at radius 1 is 1.24 bits per heavy atom. The molecule has 0 spiro atoms. The highest BCUT2D eigenvalue weighted by molar-refractivity contribution is 5.21. The smallest absolute Gasteiger partial charge is 0.0540 e. The first-order chi connectivity index (χ1) is 10.2. The van der Waals surface area contributed by atoms with Crippen LogP contribution < -0.4 is 5.73 Å². The van der Waals surface area contributed by atoms with Crippen molar-refractivity contribution in [1.29, 1.82) is 0 Å². The molecule has 3 rings (SSSR count). The van der Waals surface area contributed by atoms with Gasteiger partial charge in [-0.3, -0.25) is 14.5 Å². The molecule has 1 aliphatic carbocycles. The second-order valence-corrected chi connectivity index (χ2v) is 6.57. The first-order valence-corrected chi connectivity index (χ1v) is 8.37. The number of hydrogen-bond donors (Lipinski definition) is 1. The van der Waals surface area contributed by atoms with E-state index in [1.807, 2.05) is 17.9 Å². The molecule has 2 aliphatic rings. The van der Waals surface area contributed by atoms with Gasteiger partial charge in [-0.15, -0.1) is 0 Å². The Balaban J connectivity index is 1.63. The van der Waals surface area contributed by atoms with E-state index in [1.165, 1.54) is 50.0 Å². The van der Waals surface area contributed by atoms with E-state index in [2.05, 4.69) is 21.8 Å². The summed E-state index contributed by atoms with van der Waals surface area (Å²) in [5, 5.41) is 4.38. The van der Waals surface area contributed by atoms with Crippen molar-refractivity contribution in [2.45, 2.75) is 44.7 Å². The third-order valence-electron chi connectivity index (χ3n) is 5.49. The van der Waals surface area contributed by atoms with Gasteiger partial charge in [0, 0.05) is 57.1 Å². The Bertz CT molecular complexity index is 455. The van der Waals surface area contributed by atoms with E-state index in [1.54, 1.807) is 0 Å². The van der Waals surface area contributed by atoms with Crippen LogP contribution in [0.3, 0.4) is 0 Å². The molecule has 1 saturated carbocycles. The Hall–Kier alpha value is -0.910. The number of aryl methyl sites for hydroxylation is 1. The molecule has 1 aliphatic heterocycles. The number of piperazine rings is 1. The molecule has 21 heavy (non-hydrogen) atoms. The van der Waals surface area contributed by atoms with E-state index in [0.717, 1.165) is 19.1 Å². The molecule has 2 N–H and O–H groups in total. The number of rotatable bonds is 4. The lowest BCUT2D eigenvalue weighted by molar-refractivity contribution is 0.0720. The first-order valence-electron chi connectivity index (χ1n) is 8.37. The molecular formula is C16H29N5. The molecule has 2 heterocycles. The van der Waals surface area contributed by atoms with E-state index in [4.69, 9.17) is 5.73 Å². The molecule has 0 bridgehead atoms. The highest BCUT2D eigenvalue weighted by atomic mass is 15.3. The molecule has 1 aromatic rings. The fraction of sp³-hybridized carbons (Fsp3) is 0.812. The summed E-state index contributed by atoms with van der Waals surface area (Å²) in [4.78, 5) is 5.25. The topological polar surface area (TPSA) is 50.3 Å². The lowest BCUT2D eigenvalue weighted by Gasteiger charge is -2.41. The zero-order valence-corrected chi connectivity index (χ0v) is 13.5. The summed E-state index contributed by atoms with van der Waals surface area (Å²) in [5.74, 6) is 0. The molecule has 1 saturated heterocycles. The monoisotopic (exact) mass is 291 g/mol. The van der Waals surface area contributed by atoms with Crippen molar-refractivity contribution >= 4 is 0 Å². The van der Waals surface area contributed by atoms with Crippen LogP contribution in [0.2, 0.25) is 0 Å². The van der Waals surface area contributed by atoms with Gasteiger partial charge in [0.2, 0.25) is 0 Å². The summed E-state index contributed by atoms with van der Waals surface area (Å²) >= 11 is 0. The zero-order valence-electron chi connectivity index (χ0n) is 13.5. The van der Waals surface area contributed by atoms with Crippen molar-refractivity contribution in [3.8, 4) is 0 Å². The Morgan fingerprint density at radius 2 is 1.90 bits per heavy atom. The van der Waals surface area contributed by atoms with E-state index in [-0.39, 0.29) is 0 Å². The van der Waals surface area contributed by atoms with Gasteiger partial charge in [0.1, 0.15) is 0 Å². The fourth-order valence-corrected chi connectivity index (χ4v) is 4.00. The standard InChI is InChI=1S/C16H29N5/c1-13-15(12-18-19(13)2)16(11-17)21-9-7-20(8-10-21)14-5-3-4-6-14/h12,14,16H,3-11,17H2,1-2H3. The van der Waals surface area contributed by atoms with Crippen molar-refractivity contribution in [2.75, 3.05) is 32.7 Å². The molecule has 5 heteroatoms.